The minimum absolute atomic E-state index is 0.282. The van der Waals surface area contributed by atoms with Crippen LogP contribution in [0.15, 0.2) is 48.5 Å². The van der Waals surface area contributed by atoms with Gasteiger partial charge in [0.15, 0.2) is 0 Å². The van der Waals surface area contributed by atoms with Crippen LogP contribution in [0.25, 0.3) is 10.9 Å². The second-order valence-electron chi connectivity index (χ2n) is 9.98. The third-order valence-electron chi connectivity index (χ3n) is 7.14. The Morgan fingerprint density at radius 2 is 1.80 bits per heavy atom. The van der Waals surface area contributed by atoms with Crippen LogP contribution < -0.4 is 10.2 Å². The minimum Gasteiger partial charge on any atom is -0.465 e. The molecule has 1 aromatic heterocycles. The molecule has 0 spiro atoms. The highest BCUT2D eigenvalue weighted by molar-refractivity contribution is 5.89. The first-order valence-electron chi connectivity index (χ1n) is 12.8. The number of carbonyl (C=O) groups is 1. The lowest BCUT2D eigenvalue weighted by molar-refractivity contribution is 0.0600. The number of nitrogens with zero attached hydrogens (tertiary/aromatic N) is 3. The standard InChI is InChI=1S/C29H38N4O2/c1-33(2)28-25-11-4-5-12-26(25)31-27(32-28)13-7-8-21-14-16-22(17-15-21)19-30-20-23-9-6-10-24(18-23)29(34)35-3/h4-6,9-12,18,21-22,30H,7-8,13-17,19-20H2,1-3H3. The number of para-hydroxylation sites is 1. The maximum atomic E-state index is 11.7. The van der Waals surface area contributed by atoms with E-state index >= 15 is 0 Å². The highest BCUT2D eigenvalue weighted by Crippen LogP contribution is 2.32. The van der Waals surface area contributed by atoms with Crippen LogP contribution in [-0.4, -0.2) is 43.7 Å². The molecule has 6 heteroatoms. The van der Waals surface area contributed by atoms with Crippen LogP contribution in [0.4, 0.5) is 5.82 Å². The Labute approximate surface area is 209 Å². The summed E-state index contributed by atoms with van der Waals surface area (Å²) in [5.74, 6) is 3.24. The van der Waals surface area contributed by atoms with Crippen molar-refractivity contribution < 1.29 is 9.53 Å². The van der Waals surface area contributed by atoms with Crippen LogP contribution in [0.1, 0.15) is 60.3 Å². The Morgan fingerprint density at radius 1 is 1.03 bits per heavy atom. The molecule has 1 aliphatic rings. The van der Waals surface area contributed by atoms with Gasteiger partial charge in [0.25, 0.3) is 0 Å². The fourth-order valence-electron chi connectivity index (χ4n) is 5.18. The van der Waals surface area contributed by atoms with Crippen molar-refractivity contribution in [1.29, 1.82) is 0 Å². The lowest BCUT2D eigenvalue weighted by Crippen LogP contribution is -2.26. The lowest BCUT2D eigenvalue weighted by Gasteiger charge is -2.28. The number of rotatable bonds is 10. The topological polar surface area (TPSA) is 67.3 Å². The number of benzene rings is 2. The molecule has 3 aromatic rings. The number of ether oxygens (including phenoxy) is 1. The zero-order chi connectivity index (χ0) is 24.6. The number of esters is 1. The van der Waals surface area contributed by atoms with Crippen molar-refractivity contribution >= 4 is 22.7 Å². The van der Waals surface area contributed by atoms with Gasteiger partial charge in [-0.1, -0.05) is 43.5 Å². The smallest absolute Gasteiger partial charge is 0.337 e. The summed E-state index contributed by atoms with van der Waals surface area (Å²) in [7, 11) is 5.51. The Bertz CT molecular complexity index is 1120. The second kappa shape index (κ2) is 12.1. The fourth-order valence-corrected chi connectivity index (χ4v) is 5.18. The van der Waals surface area contributed by atoms with Gasteiger partial charge in [0, 0.05) is 32.4 Å². The molecular formula is C29H38N4O2. The Hall–Kier alpha value is -2.99. The Balaban J connectivity index is 1.18. The van der Waals surface area contributed by atoms with E-state index in [4.69, 9.17) is 14.7 Å². The van der Waals surface area contributed by atoms with Crippen LogP contribution in [0.2, 0.25) is 0 Å². The molecular weight excluding hydrogens is 436 g/mol. The molecule has 1 heterocycles. The van der Waals surface area contributed by atoms with Crippen molar-refractivity contribution in [2.45, 2.75) is 51.5 Å². The van der Waals surface area contributed by atoms with Crippen LogP contribution >= 0.6 is 0 Å². The van der Waals surface area contributed by atoms with Crippen LogP contribution in [-0.2, 0) is 17.7 Å². The Morgan fingerprint density at radius 3 is 2.57 bits per heavy atom. The Kier molecular flexibility index (Phi) is 8.69. The molecule has 35 heavy (non-hydrogen) atoms. The minimum atomic E-state index is -0.282. The van der Waals surface area contributed by atoms with Crippen molar-refractivity contribution in [1.82, 2.24) is 15.3 Å². The number of hydrogen-bond acceptors (Lipinski definition) is 6. The van der Waals surface area contributed by atoms with E-state index < -0.39 is 0 Å². The van der Waals surface area contributed by atoms with Gasteiger partial charge in [-0.15, -0.1) is 0 Å². The number of aryl methyl sites for hydroxylation is 1. The van der Waals surface area contributed by atoms with E-state index in [1.54, 1.807) is 6.07 Å². The summed E-state index contributed by atoms with van der Waals surface area (Å²) >= 11 is 0. The summed E-state index contributed by atoms with van der Waals surface area (Å²) in [5.41, 5.74) is 2.76. The molecule has 4 rings (SSSR count). The van der Waals surface area contributed by atoms with Gasteiger partial charge in [0.05, 0.1) is 18.2 Å². The summed E-state index contributed by atoms with van der Waals surface area (Å²) < 4.78 is 4.82. The summed E-state index contributed by atoms with van der Waals surface area (Å²) in [6.45, 7) is 1.82. The van der Waals surface area contributed by atoms with Crippen molar-refractivity contribution in [2.24, 2.45) is 11.8 Å². The molecule has 6 nitrogen and oxygen atoms in total. The first-order valence-corrected chi connectivity index (χ1v) is 12.8. The summed E-state index contributed by atoms with van der Waals surface area (Å²) in [6, 6.07) is 16.0. The van der Waals surface area contributed by atoms with Gasteiger partial charge in [0.2, 0.25) is 0 Å². The van der Waals surface area contributed by atoms with E-state index in [2.05, 4.69) is 28.4 Å². The van der Waals surface area contributed by atoms with Gasteiger partial charge in [-0.2, -0.15) is 0 Å². The number of fused-ring (bicyclic) bond motifs is 1. The third-order valence-corrected chi connectivity index (χ3v) is 7.14. The summed E-state index contributed by atoms with van der Waals surface area (Å²) in [6.07, 6.45) is 8.55. The van der Waals surface area contributed by atoms with Crippen LogP contribution in [0.5, 0.6) is 0 Å². The summed E-state index contributed by atoms with van der Waals surface area (Å²) in [5, 5.41) is 4.71. The van der Waals surface area contributed by atoms with E-state index in [0.29, 0.717) is 5.56 Å². The van der Waals surface area contributed by atoms with Crippen molar-refractivity contribution in [3.63, 3.8) is 0 Å². The first-order chi connectivity index (χ1) is 17.0. The first kappa shape index (κ1) is 25.1. The largest absolute Gasteiger partial charge is 0.465 e. The number of anilines is 1. The third kappa shape index (κ3) is 6.79. The predicted octanol–water partition coefficient (Wildman–Crippen LogP) is 5.40. The van der Waals surface area contributed by atoms with Gasteiger partial charge >= 0.3 is 5.97 Å². The van der Waals surface area contributed by atoms with E-state index in [1.807, 2.05) is 38.4 Å². The molecule has 0 saturated heterocycles. The molecule has 1 N–H and O–H groups in total. The maximum Gasteiger partial charge on any atom is 0.337 e. The number of carbonyl (C=O) groups excluding carboxylic acids is 1. The maximum absolute atomic E-state index is 11.7. The molecule has 0 bridgehead atoms. The monoisotopic (exact) mass is 474 g/mol. The normalized spacial score (nSPS) is 17.9. The SMILES string of the molecule is COC(=O)c1cccc(CNCC2CCC(CCCc3nc(N(C)C)c4ccccc4n3)CC2)c1. The molecule has 0 amide bonds. The summed E-state index contributed by atoms with van der Waals surface area (Å²) in [4.78, 5) is 23.5. The highest BCUT2D eigenvalue weighted by atomic mass is 16.5. The highest BCUT2D eigenvalue weighted by Gasteiger charge is 2.21. The quantitative estimate of drug-likeness (QED) is 0.397. The van der Waals surface area contributed by atoms with E-state index in [9.17, 15) is 4.79 Å². The van der Waals surface area contributed by atoms with Gasteiger partial charge < -0.3 is 15.0 Å². The van der Waals surface area contributed by atoms with Crippen molar-refractivity contribution in [3.8, 4) is 0 Å². The molecule has 2 aromatic carbocycles. The predicted molar refractivity (Wildman–Crippen MR) is 142 cm³/mol. The molecule has 0 atom stereocenters. The second-order valence-corrected chi connectivity index (χ2v) is 9.98. The average Bonchev–Trinajstić information content (AvgIpc) is 2.88. The number of nitrogens with one attached hydrogen (secondary N) is 1. The van der Waals surface area contributed by atoms with E-state index in [1.165, 1.54) is 39.2 Å². The van der Waals surface area contributed by atoms with Crippen LogP contribution in [0, 0.1) is 11.8 Å². The number of methoxy groups -OCH3 is 1. The molecule has 186 valence electrons. The molecule has 0 aliphatic heterocycles. The van der Waals surface area contributed by atoms with Gasteiger partial charge in [-0.25, -0.2) is 14.8 Å². The van der Waals surface area contributed by atoms with Crippen LogP contribution in [0.3, 0.4) is 0 Å². The lowest BCUT2D eigenvalue weighted by atomic mass is 9.80. The van der Waals surface area contributed by atoms with E-state index in [0.717, 1.165) is 65.9 Å². The van der Waals surface area contributed by atoms with Gasteiger partial charge in [-0.05, 0) is 67.5 Å². The molecule has 0 radical (unpaired) electrons. The number of hydrogen-bond donors (Lipinski definition) is 1. The fraction of sp³-hybridized carbons (Fsp3) is 0.483. The molecule has 0 unspecified atom stereocenters. The number of aromatic nitrogens is 2. The van der Waals surface area contributed by atoms with Gasteiger partial charge in [0.1, 0.15) is 11.6 Å². The van der Waals surface area contributed by atoms with Crippen molar-refractivity contribution in [3.05, 3.63) is 65.5 Å². The molecule has 1 fully saturated rings. The average molecular weight is 475 g/mol. The van der Waals surface area contributed by atoms with E-state index in [-0.39, 0.29) is 5.97 Å². The molecule has 1 saturated carbocycles. The van der Waals surface area contributed by atoms with Gasteiger partial charge in [-0.3, -0.25) is 0 Å². The zero-order valence-electron chi connectivity index (χ0n) is 21.3. The molecule has 1 aliphatic carbocycles. The zero-order valence-corrected chi connectivity index (χ0v) is 21.3. The van der Waals surface area contributed by atoms with Crippen molar-refractivity contribution in [2.75, 3.05) is 32.6 Å².